The Morgan fingerprint density at radius 2 is 2.11 bits per heavy atom. The van der Waals surface area contributed by atoms with Crippen molar-refractivity contribution in [3.8, 4) is 5.75 Å². The minimum absolute atomic E-state index is 0.00575. The van der Waals surface area contributed by atoms with Crippen LogP contribution in [0, 0.1) is 5.92 Å². The number of hydrogen-bond acceptors (Lipinski definition) is 2. The van der Waals surface area contributed by atoms with Gasteiger partial charge in [0.2, 0.25) is 0 Å². The molecule has 1 fully saturated rings. The molecule has 1 aliphatic heterocycles. The lowest BCUT2D eigenvalue weighted by Gasteiger charge is -2.31. The molecule has 1 saturated heterocycles. The fourth-order valence-corrected chi connectivity index (χ4v) is 2.94. The molecule has 1 amide bonds. The van der Waals surface area contributed by atoms with Crippen molar-refractivity contribution in [2.24, 2.45) is 5.92 Å². The standard InChI is InChI=1S/C13H15BrClNO2/c14-8-9-3-5-16(6-4-9)13(18)10-1-2-12(17)11(15)7-10/h1-2,7,9,17H,3-6,8H2. The summed E-state index contributed by atoms with van der Waals surface area (Å²) in [6, 6.07) is 4.59. The van der Waals surface area contributed by atoms with Gasteiger partial charge < -0.3 is 10.0 Å². The summed E-state index contributed by atoms with van der Waals surface area (Å²) < 4.78 is 0. The number of phenolic OH excluding ortho intramolecular Hbond substituents is 1. The fraction of sp³-hybridized carbons (Fsp3) is 0.462. The summed E-state index contributed by atoms with van der Waals surface area (Å²) >= 11 is 9.30. The zero-order valence-electron chi connectivity index (χ0n) is 9.90. The molecule has 0 atom stereocenters. The second-order valence-electron chi connectivity index (χ2n) is 4.56. The molecule has 1 aliphatic rings. The number of piperidine rings is 1. The van der Waals surface area contributed by atoms with Gasteiger partial charge in [0.25, 0.3) is 5.91 Å². The average molecular weight is 333 g/mol. The zero-order chi connectivity index (χ0) is 13.1. The highest BCUT2D eigenvalue weighted by atomic mass is 79.9. The number of benzene rings is 1. The van der Waals surface area contributed by atoms with Crippen LogP contribution in [-0.2, 0) is 0 Å². The zero-order valence-corrected chi connectivity index (χ0v) is 12.2. The van der Waals surface area contributed by atoms with E-state index in [4.69, 9.17) is 11.6 Å². The minimum atomic E-state index is -0.00933. The average Bonchev–Trinajstić information content (AvgIpc) is 2.41. The number of likely N-dealkylation sites (tertiary alicyclic amines) is 1. The Labute approximate surface area is 120 Å². The molecular weight excluding hydrogens is 318 g/mol. The fourth-order valence-electron chi connectivity index (χ4n) is 2.11. The van der Waals surface area contributed by atoms with Crippen LogP contribution in [0.5, 0.6) is 5.75 Å². The molecule has 0 aliphatic carbocycles. The third-order valence-electron chi connectivity index (χ3n) is 3.31. The number of amides is 1. The summed E-state index contributed by atoms with van der Waals surface area (Å²) in [5.74, 6) is 0.661. The lowest BCUT2D eigenvalue weighted by atomic mass is 9.98. The van der Waals surface area contributed by atoms with Gasteiger partial charge in [-0.1, -0.05) is 27.5 Å². The molecule has 2 rings (SSSR count). The van der Waals surface area contributed by atoms with Crippen LogP contribution in [0.25, 0.3) is 0 Å². The molecule has 0 bridgehead atoms. The predicted octanol–water partition coefficient (Wildman–Crippen LogP) is 3.29. The number of aromatic hydroxyl groups is 1. The largest absolute Gasteiger partial charge is 0.506 e. The van der Waals surface area contributed by atoms with Crippen LogP contribution in [0.15, 0.2) is 18.2 Å². The summed E-state index contributed by atoms with van der Waals surface area (Å²) in [6.45, 7) is 1.57. The van der Waals surface area contributed by atoms with Crippen molar-refractivity contribution in [3.05, 3.63) is 28.8 Å². The lowest BCUT2D eigenvalue weighted by Crippen LogP contribution is -2.38. The first-order chi connectivity index (χ1) is 8.61. The maximum Gasteiger partial charge on any atom is 0.253 e. The van der Waals surface area contributed by atoms with Gasteiger partial charge in [-0.05, 0) is 37.0 Å². The van der Waals surface area contributed by atoms with Gasteiger partial charge in [0.05, 0.1) is 5.02 Å². The number of carbonyl (C=O) groups is 1. The predicted molar refractivity (Wildman–Crippen MR) is 75.5 cm³/mol. The summed E-state index contributed by atoms with van der Waals surface area (Å²) in [7, 11) is 0. The molecule has 1 N–H and O–H groups in total. The van der Waals surface area contributed by atoms with E-state index in [-0.39, 0.29) is 16.7 Å². The van der Waals surface area contributed by atoms with Gasteiger partial charge >= 0.3 is 0 Å². The Hall–Kier alpha value is -0.740. The first-order valence-electron chi connectivity index (χ1n) is 5.95. The molecule has 0 saturated carbocycles. The molecular formula is C13H15BrClNO2. The Bertz CT molecular complexity index is 445. The maximum absolute atomic E-state index is 12.2. The second kappa shape index (κ2) is 5.93. The lowest BCUT2D eigenvalue weighted by molar-refractivity contribution is 0.0699. The van der Waals surface area contributed by atoms with Gasteiger partial charge in [0, 0.05) is 24.0 Å². The number of alkyl halides is 1. The Balaban J connectivity index is 2.05. The maximum atomic E-state index is 12.2. The first kappa shape index (κ1) is 13.7. The van der Waals surface area contributed by atoms with Crippen LogP contribution in [0.2, 0.25) is 5.02 Å². The van der Waals surface area contributed by atoms with Crippen molar-refractivity contribution in [3.63, 3.8) is 0 Å². The van der Waals surface area contributed by atoms with Crippen molar-refractivity contribution in [2.45, 2.75) is 12.8 Å². The monoisotopic (exact) mass is 331 g/mol. The molecule has 1 aromatic rings. The molecule has 0 unspecified atom stereocenters. The third kappa shape index (κ3) is 2.98. The van der Waals surface area contributed by atoms with Crippen LogP contribution < -0.4 is 0 Å². The van der Waals surface area contributed by atoms with E-state index in [9.17, 15) is 9.90 Å². The molecule has 3 nitrogen and oxygen atoms in total. The Morgan fingerprint density at radius 3 is 2.67 bits per heavy atom. The number of phenols is 1. The highest BCUT2D eigenvalue weighted by molar-refractivity contribution is 9.09. The van der Waals surface area contributed by atoms with Crippen molar-refractivity contribution < 1.29 is 9.90 Å². The van der Waals surface area contributed by atoms with Crippen LogP contribution in [0.1, 0.15) is 23.2 Å². The number of nitrogens with zero attached hydrogens (tertiary/aromatic N) is 1. The van der Waals surface area contributed by atoms with E-state index in [1.54, 1.807) is 6.07 Å². The topological polar surface area (TPSA) is 40.5 Å². The van der Waals surface area contributed by atoms with Crippen molar-refractivity contribution in [1.29, 1.82) is 0 Å². The van der Waals surface area contributed by atoms with Gasteiger partial charge in [-0.15, -0.1) is 0 Å². The van der Waals surface area contributed by atoms with Gasteiger partial charge in [-0.2, -0.15) is 0 Å². The molecule has 18 heavy (non-hydrogen) atoms. The van der Waals surface area contributed by atoms with Crippen LogP contribution in [0.4, 0.5) is 0 Å². The van der Waals surface area contributed by atoms with Crippen LogP contribution in [0.3, 0.4) is 0 Å². The highest BCUT2D eigenvalue weighted by Gasteiger charge is 2.23. The van der Waals surface area contributed by atoms with Gasteiger partial charge in [-0.3, -0.25) is 4.79 Å². The SMILES string of the molecule is O=C(c1ccc(O)c(Cl)c1)N1CCC(CBr)CC1. The summed E-state index contributed by atoms with van der Waals surface area (Å²) in [5.41, 5.74) is 0.537. The normalized spacial score (nSPS) is 16.9. The molecule has 0 aromatic heterocycles. The van der Waals surface area contributed by atoms with Gasteiger partial charge in [0.15, 0.2) is 0 Å². The number of halogens is 2. The third-order valence-corrected chi connectivity index (χ3v) is 4.53. The summed E-state index contributed by atoms with van der Waals surface area (Å²) in [5, 5.41) is 10.6. The minimum Gasteiger partial charge on any atom is -0.506 e. The highest BCUT2D eigenvalue weighted by Crippen LogP contribution is 2.26. The summed E-state index contributed by atoms with van der Waals surface area (Å²) in [6.07, 6.45) is 2.06. The van der Waals surface area contributed by atoms with Crippen molar-refractivity contribution >= 4 is 33.4 Å². The quantitative estimate of drug-likeness (QED) is 0.844. The van der Waals surface area contributed by atoms with Crippen LogP contribution in [-0.4, -0.2) is 34.3 Å². The number of hydrogen-bond donors (Lipinski definition) is 1. The molecule has 1 heterocycles. The molecule has 1 aromatic carbocycles. The van der Waals surface area contributed by atoms with Gasteiger partial charge in [0.1, 0.15) is 5.75 Å². The number of carbonyl (C=O) groups excluding carboxylic acids is 1. The number of rotatable bonds is 2. The van der Waals surface area contributed by atoms with E-state index in [1.165, 1.54) is 12.1 Å². The summed E-state index contributed by atoms with van der Waals surface area (Å²) in [4.78, 5) is 14.1. The van der Waals surface area contributed by atoms with Crippen molar-refractivity contribution in [2.75, 3.05) is 18.4 Å². The van der Waals surface area contributed by atoms with Gasteiger partial charge in [-0.25, -0.2) is 0 Å². The molecule has 5 heteroatoms. The van der Waals surface area contributed by atoms with E-state index < -0.39 is 0 Å². The molecule has 0 spiro atoms. The molecule has 98 valence electrons. The smallest absolute Gasteiger partial charge is 0.253 e. The van der Waals surface area contributed by atoms with E-state index in [0.29, 0.717) is 11.5 Å². The second-order valence-corrected chi connectivity index (χ2v) is 5.61. The van der Waals surface area contributed by atoms with E-state index in [2.05, 4.69) is 15.9 Å². The molecule has 0 radical (unpaired) electrons. The van der Waals surface area contributed by atoms with E-state index >= 15 is 0 Å². The Kier molecular flexibility index (Phi) is 4.51. The van der Waals surface area contributed by atoms with Crippen LogP contribution >= 0.6 is 27.5 Å². The van der Waals surface area contributed by atoms with E-state index in [0.717, 1.165) is 31.3 Å². The Morgan fingerprint density at radius 1 is 1.44 bits per heavy atom. The van der Waals surface area contributed by atoms with Crippen molar-refractivity contribution in [1.82, 2.24) is 4.90 Å². The first-order valence-corrected chi connectivity index (χ1v) is 7.45. The van der Waals surface area contributed by atoms with E-state index in [1.807, 2.05) is 4.90 Å².